The molecule has 0 aliphatic carbocycles. The van der Waals surface area contributed by atoms with Crippen LogP contribution in [0.2, 0.25) is 0 Å². The van der Waals surface area contributed by atoms with Crippen LogP contribution >= 0.6 is 0 Å². The van der Waals surface area contributed by atoms with Crippen molar-refractivity contribution in [1.29, 1.82) is 0 Å². The quantitative estimate of drug-likeness (QED) is 0.616. The number of rotatable bonds is 5. The van der Waals surface area contributed by atoms with Gasteiger partial charge < -0.3 is 9.47 Å². The van der Waals surface area contributed by atoms with E-state index in [0.29, 0.717) is 5.57 Å². The minimum Gasteiger partial charge on any atom is -0.489 e. The van der Waals surface area contributed by atoms with Gasteiger partial charge >= 0.3 is 5.97 Å². The molecule has 2 aromatic carbocycles. The zero-order valence-corrected chi connectivity index (χ0v) is 11.3. The molecule has 2 aromatic rings. The monoisotopic (exact) mass is 268 g/mol. The highest BCUT2D eigenvalue weighted by Crippen LogP contribution is 2.13. The van der Waals surface area contributed by atoms with E-state index in [1.54, 1.807) is 6.08 Å². The Bertz CT molecular complexity index is 574. The lowest BCUT2D eigenvalue weighted by Crippen LogP contribution is -2.12. The molecule has 0 aromatic heterocycles. The van der Waals surface area contributed by atoms with Crippen molar-refractivity contribution in [3.8, 4) is 5.75 Å². The van der Waals surface area contributed by atoms with E-state index in [1.165, 1.54) is 7.11 Å². The van der Waals surface area contributed by atoms with Crippen LogP contribution in [-0.4, -0.2) is 19.7 Å². The third-order valence-corrected chi connectivity index (χ3v) is 2.73. The summed E-state index contributed by atoms with van der Waals surface area (Å²) in [4.78, 5) is 11.8. The van der Waals surface area contributed by atoms with E-state index >= 15 is 0 Å². The molecule has 0 atom stereocenters. The summed E-state index contributed by atoms with van der Waals surface area (Å²) in [6.45, 7) is 0.172. The average Bonchev–Trinajstić information content (AvgIpc) is 2.52. The van der Waals surface area contributed by atoms with Crippen LogP contribution in [0.5, 0.6) is 5.75 Å². The van der Waals surface area contributed by atoms with Crippen LogP contribution in [0.4, 0.5) is 0 Å². The minimum absolute atomic E-state index is 0.172. The van der Waals surface area contributed by atoms with Gasteiger partial charge in [-0.25, -0.2) is 4.79 Å². The SMILES string of the molecule is COC(=O)/C(=C/c1ccccc1)COc1ccccc1. The molecule has 20 heavy (non-hydrogen) atoms. The zero-order valence-electron chi connectivity index (χ0n) is 11.3. The predicted molar refractivity (Wildman–Crippen MR) is 78.4 cm³/mol. The Labute approximate surface area is 118 Å². The Morgan fingerprint density at radius 2 is 1.60 bits per heavy atom. The maximum Gasteiger partial charge on any atom is 0.337 e. The van der Waals surface area contributed by atoms with Crippen molar-refractivity contribution in [3.05, 3.63) is 71.8 Å². The molecule has 0 spiro atoms. The summed E-state index contributed by atoms with van der Waals surface area (Å²) in [6, 6.07) is 19.0. The molecule has 0 aliphatic heterocycles. The Morgan fingerprint density at radius 3 is 2.20 bits per heavy atom. The lowest BCUT2D eigenvalue weighted by atomic mass is 10.1. The number of hydrogen-bond donors (Lipinski definition) is 0. The maximum absolute atomic E-state index is 11.8. The number of methoxy groups -OCH3 is 1. The molecule has 3 nitrogen and oxygen atoms in total. The average molecular weight is 268 g/mol. The highest BCUT2D eigenvalue weighted by Gasteiger charge is 2.10. The largest absolute Gasteiger partial charge is 0.489 e. The first-order valence-electron chi connectivity index (χ1n) is 6.31. The van der Waals surface area contributed by atoms with Gasteiger partial charge in [0, 0.05) is 0 Å². The standard InChI is InChI=1S/C17H16O3/c1-19-17(18)15(12-14-8-4-2-5-9-14)13-20-16-10-6-3-7-11-16/h2-12H,13H2,1H3/b15-12+. The third kappa shape index (κ3) is 3.99. The van der Waals surface area contributed by atoms with Crippen molar-refractivity contribution in [2.24, 2.45) is 0 Å². The molecule has 0 saturated carbocycles. The summed E-state index contributed by atoms with van der Waals surface area (Å²) < 4.78 is 10.4. The molecule has 2 rings (SSSR count). The van der Waals surface area contributed by atoms with E-state index in [9.17, 15) is 4.79 Å². The summed E-state index contributed by atoms with van der Waals surface area (Å²) in [5, 5.41) is 0. The van der Waals surface area contributed by atoms with Gasteiger partial charge in [0.1, 0.15) is 12.4 Å². The normalized spacial score (nSPS) is 10.9. The van der Waals surface area contributed by atoms with Crippen molar-refractivity contribution in [1.82, 2.24) is 0 Å². The molecule has 0 saturated heterocycles. The van der Waals surface area contributed by atoms with Gasteiger partial charge in [0.05, 0.1) is 12.7 Å². The van der Waals surface area contributed by atoms with Gasteiger partial charge in [-0.1, -0.05) is 48.5 Å². The molecule has 0 radical (unpaired) electrons. The van der Waals surface area contributed by atoms with Gasteiger partial charge in [-0.15, -0.1) is 0 Å². The van der Waals surface area contributed by atoms with Gasteiger partial charge in [-0.05, 0) is 23.8 Å². The second kappa shape index (κ2) is 7.14. The topological polar surface area (TPSA) is 35.5 Å². The van der Waals surface area contributed by atoms with Gasteiger partial charge in [-0.3, -0.25) is 0 Å². The molecule has 0 heterocycles. The van der Waals surface area contributed by atoms with Crippen molar-refractivity contribution < 1.29 is 14.3 Å². The van der Waals surface area contributed by atoms with Crippen molar-refractivity contribution in [2.75, 3.05) is 13.7 Å². The highest BCUT2D eigenvalue weighted by atomic mass is 16.5. The van der Waals surface area contributed by atoms with E-state index in [1.807, 2.05) is 60.7 Å². The Morgan fingerprint density at radius 1 is 1.00 bits per heavy atom. The number of hydrogen-bond acceptors (Lipinski definition) is 3. The highest BCUT2D eigenvalue weighted by molar-refractivity contribution is 5.93. The lowest BCUT2D eigenvalue weighted by molar-refractivity contribution is -0.136. The van der Waals surface area contributed by atoms with E-state index in [4.69, 9.17) is 9.47 Å². The van der Waals surface area contributed by atoms with E-state index < -0.39 is 0 Å². The van der Waals surface area contributed by atoms with Gasteiger partial charge in [0.25, 0.3) is 0 Å². The van der Waals surface area contributed by atoms with Crippen molar-refractivity contribution in [2.45, 2.75) is 0 Å². The summed E-state index contributed by atoms with van der Waals surface area (Å²) in [7, 11) is 1.36. The first kappa shape index (κ1) is 13.9. The van der Waals surface area contributed by atoms with Crippen LogP contribution in [0.25, 0.3) is 6.08 Å². The minimum atomic E-state index is -0.384. The van der Waals surface area contributed by atoms with Crippen LogP contribution in [0, 0.1) is 0 Å². The molecule has 0 amide bonds. The summed E-state index contributed by atoms with van der Waals surface area (Å²) in [5.74, 6) is 0.333. The predicted octanol–water partition coefficient (Wildman–Crippen LogP) is 3.32. The van der Waals surface area contributed by atoms with Crippen LogP contribution in [0.3, 0.4) is 0 Å². The zero-order chi connectivity index (χ0) is 14.2. The molecule has 3 heteroatoms. The smallest absolute Gasteiger partial charge is 0.337 e. The van der Waals surface area contributed by atoms with Crippen LogP contribution in [0.15, 0.2) is 66.2 Å². The van der Waals surface area contributed by atoms with E-state index in [-0.39, 0.29) is 12.6 Å². The van der Waals surface area contributed by atoms with Gasteiger partial charge in [0.2, 0.25) is 0 Å². The lowest BCUT2D eigenvalue weighted by Gasteiger charge is -2.08. The van der Waals surface area contributed by atoms with Crippen LogP contribution in [0.1, 0.15) is 5.56 Å². The first-order valence-corrected chi connectivity index (χ1v) is 6.31. The molecule has 0 fully saturated rings. The molecule has 0 N–H and O–H groups in total. The number of esters is 1. The number of para-hydroxylation sites is 1. The molecule has 0 bridgehead atoms. The third-order valence-electron chi connectivity index (χ3n) is 2.73. The molecular formula is C17H16O3. The summed E-state index contributed by atoms with van der Waals surface area (Å²) in [5.41, 5.74) is 1.41. The van der Waals surface area contributed by atoms with E-state index in [0.717, 1.165) is 11.3 Å². The van der Waals surface area contributed by atoms with E-state index in [2.05, 4.69) is 0 Å². The second-order valence-electron chi connectivity index (χ2n) is 4.17. The second-order valence-corrected chi connectivity index (χ2v) is 4.17. The van der Waals surface area contributed by atoms with Gasteiger partial charge in [0.15, 0.2) is 0 Å². The Balaban J connectivity index is 2.12. The number of carbonyl (C=O) groups excluding carboxylic acids is 1. The Kier molecular flexibility index (Phi) is 4.95. The fourth-order valence-corrected chi connectivity index (χ4v) is 1.72. The number of benzene rings is 2. The maximum atomic E-state index is 11.8. The summed E-state index contributed by atoms with van der Waals surface area (Å²) >= 11 is 0. The number of carbonyl (C=O) groups is 1. The first-order chi connectivity index (χ1) is 9.79. The van der Waals surface area contributed by atoms with Crippen LogP contribution < -0.4 is 4.74 Å². The fourth-order valence-electron chi connectivity index (χ4n) is 1.72. The van der Waals surface area contributed by atoms with Gasteiger partial charge in [-0.2, -0.15) is 0 Å². The van der Waals surface area contributed by atoms with Crippen molar-refractivity contribution in [3.63, 3.8) is 0 Å². The molecular weight excluding hydrogens is 252 g/mol. The van der Waals surface area contributed by atoms with Crippen molar-refractivity contribution >= 4 is 12.0 Å². The molecule has 0 unspecified atom stereocenters. The number of ether oxygens (including phenoxy) is 2. The molecule has 102 valence electrons. The fraction of sp³-hybridized carbons (Fsp3) is 0.118. The Hall–Kier alpha value is -2.55. The molecule has 0 aliphatic rings. The summed E-state index contributed by atoms with van der Waals surface area (Å²) in [6.07, 6.45) is 1.77. The van der Waals surface area contributed by atoms with Crippen LogP contribution in [-0.2, 0) is 9.53 Å².